The first-order chi connectivity index (χ1) is 51.3. The first kappa shape index (κ1) is 77.1. The van der Waals surface area contributed by atoms with Gasteiger partial charge in [0.25, 0.3) is 0 Å². The first-order valence-corrected chi connectivity index (χ1v) is 38.1. The Kier molecular flexibility index (Phi) is 21.8. The Hall–Kier alpha value is -7.66. The maximum atomic E-state index is 14.3. The number of likely N-dealkylation sites (N-methyl/N-ethyl adjacent to an activating group) is 3. The zero-order chi connectivity index (χ0) is 76.6. The Bertz CT molecular complexity index is 5380. The molecule has 4 N–H and O–H groups in total. The molecular weight excluding hydrogens is 1460 g/mol. The van der Waals surface area contributed by atoms with Crippen molar-refractivity contribution in [3.63, 3.8) is 0 Å². The van der Waals surface area contributed by atoms with Crippen molar-refractivity contribution in [3.8, 4) is 0 Å². The fourth-order valence-corrected chi connectivity index (χ4v) is 17.3. The molecule has 0 radical (unpaired) electrons. The van der Waals surface area contributed by atoms with E-state index in [4.69, 9.17) is 46.4 Å². The highest BCUT2D eigenvalue weighted by molar-refractivity contribution is 6.32. The summed E-state index contributed by atoms with van der Waals surface area (Å²) in [7, 11) is 6.23. The van der Waals surface area contributed by atoms with Crippen LogP contribution in [0.25, 0.3) is 43.6 Å². The molecule has 8 heterocycles. The average Bonchev–Trinajstić information content (AvgIpc) is 1.65. The molecule has 17 rings (SSSR count). The minimum Gasteiger partial charge on any atom is -0.384 e. The molecule has 5 aliphatic rings. The third kappa shape index (κ3) is 16.0. The predicted molar refractivity (Wildman–Crippen MR) is 419 cm³/mol. The van der Waals surface area contributed by atoms with Crippen molar-refractivity contribution >= 4 is 90.0 Å². The first-order valence-electron chi connectivity index (χ1n) is 36.6. The van der Waals surface area contributed by atoms with Crippen LogP contribution in [0.5, 0.6) is 0 Å². The summed E-state index contributed by atoms with van der Waals surface area (Å²) in [5.41, 5.74) is 10.9. The number of aromatic nitrogens is 4. The molecule has 12 nitrogen and oxygen atoms in total. The lowest BCUT2D eigenvalue weighted by molar-refractivity contribution is 0.0347. The number of halogens is 10. The lowest BCUT2D eigenvalue weighted by atomic mass is 9.95. The number of rotatable bonds is 13. The molecular formula is C86H88Cl4F6N8O4. The Morgan fingerprint density at radius 1 is 0.352 bits per heavy atom. The summed E-state index contributed by atoms with van der Waals surface area (Å²) in [5, 5.41) is 51.0. The molecule has 4 aliphatic heterocycles. The summed E-state index contributed by atoms with van der Waals surface area (Å²) >= 11 is 24.7. The van der Waals surface area contributed by atoms with Crippen LogP contribution in [0.15, 0.2) is 158 Å². The summed E-state index contributed by atoms with van der Waals surface area (Å²) in [6.07, 6.45) is 6.15. The quantitative estimate of drug-likeness (QED) is 0.0845. The molecule has 1 aliphatic carbocycles. The molecule has 566 valence electrons. The fraction of sp³-hybridized carbons (Fsp3) is 0.349. The Balaban J connectivity index is 0.000000121. The third-order valence-corrected chi connectivity index (χ3v) is 23.4. The molecule has 22 heteroatoms. The normalized spacial score (nSPS) is 17.8. The van der Waals surface area contributed by atoms with Crippen molar-refractivity contribution in [1.82, 2.24) is 37.9 Å². The van der Waals surface area contributed by atoms with Crippen molar-refractivity contribution in [2.45, 2.75) is 147 Å². The largest absolute Gasteiger partial charge is 0.384 e. The van der Waals surface area contributed by atoms with Gasteiger partial charge in [-0.15, -0.1) is 0 Å². The van der Waals surface area contributed by atoms with Gasteiger partial charge in [0, 0.05) is 177 Å². The summed E-state index contributed by atoms with van der Waals surface area (Å²) < 4.78 is 90.1. The lowest BCUT2D eigenvalue weighted by Crippen LogP contribution is -2.34. The number of fused-ring (bicyclic) bond motifs is 12. The highest BCUT2D eigenvalue weighted by atomic mass is 35.5. The van der Waals surface area contributed by atoms with Crippen LogP contribution in [0.2, 0.25) is 20.1 Å². The van der Waals surface area contributed by atoms with E-state index < -0.39 is 39.9 Å². The van der Waals surface area contributed by atoms with Gasteiger partial charge in [-0.1, -0.05) is 82.8 Å². The molecule has 0 saturated heterocycles. The van der Waals surface area contributed by atoms with Crippen LogP contribution in [0.4, 0.5) is 26.3 Å². The van der Waals surface area contributed by atoms with E-state index in [1.807, 2.05) is 42.5 Å². The lowest BCUT2D eigenvalue weighted by Gasteiger charge is -2.30. The van der Waals surface area contributed by atoms with Gasteiger partial charge in [-0.25, -0.2) is 26.3 Å². The Labute approximate surface area is 645 Å². The van der Waals surface area contributed by atoms with Gasteiger partial charge < -0.3 is 53.4 Å². The highest BCUT2D eigenvalue weighted by Crippen LogP contribution is 2.42. The van der Waals surface area contributed by atoms with E-state index in [9.17, 15) is 46.8 Å². The van der Waals surface area contributed by atoms with Crippen molar-refractivity contribution in [1.29, 1.82) is 0 Å². The zero-order valence-electron chi connectivity index (χ0n) is 61.5. The molecule has 0 amide bonds. The minimum atomic E-state index is -1.49. The van der Waals surface area contributed by atoms with Gasteiger partial charge in [-0.3, -0.25) is 4.90 Å². The van der Waals surface area contributed by atoms with Crippen LogP contribution in [0, 0.1) is 34.9 Å². The second kappa shape index (κ2) is 30.5. The van der Waals surface area contributed by atoms with E-state index in [-0.39, 0.29) is 34.6 Å². The van der Waals surface area contributed by atoms with Gasteiger partial charge in [0.1, 0.15) is 57.3 Å². The van der Waals surface area contributed by atoms with Gasteiger partial charge in [-0.2, -0.15) is 0 Å². The second-order valence-corrected chi connectivity index (χ2v) is 32.7. The van der Waals surface area contributed by atoms with Crippen LogP contribution < -0.4 is 0 Å². The summed E-state index contributed by atoms with van der Waals surface area (Å²) in [6, 6.07) is 42.9. The van der Waals surface area contributed by atoms with Crippen LogP contribution in [-0.4, -0.2) is 112 Å². The highest BCUT2D eigenvalue weighted by Gasteiger charge is 2.38. The summed E-state index contributed by atoms with van der Waals surface area (Å²) in [5.74, 6) is -2.76. The van der Waals surface area contributed by atoms with Crippen LogP contribution in [-0.2, 0) is 100 Å². The number of aliphatic hydroxyl groups is 4. The molecule has 1 saturated carbocycles. The van der Waals surface area contributed by atoms with Crippen molar-refractivity contribution in [2.24, 2.45) is 0 Å². The minimum absolute atomic E-state index is 0.0144. The summed E-state index contributed by atoms with van der Waals surface area (Å²) in [6.45, 7) is 15.3. The second-order valence-electron chi connectivity index (χ2n) is 31.0. The SMILES string of the molecule is CC(O)(Cn1c2c(c3cc(Cl)ccc31)CN(C1CC1)CC2)c1ccc(F)cc1.CN1CCc2c(c3cc(Cl)ccc3n2CC(C)(O)c2ccc(F)c(Cl)c2)C1.CN1CCc2c(c3cc(Cl)ccc3n2CC(C)(O)c2ccc(F)cc2F)C1.CN1CCc2c(c3cc(F)ccc3n2CC(C)(O)c2ccc(F)cc2)C1. The van der Waals surface area contributed by atoms with Gasteiger partial charge >= 0.3 is 0 Å². The van der Waals surface area contributed by atoms with E-state index in [1.165, 1.54) is 101 Å². The van der Waals surface area contributed by atoms with E-state index >= 15 is 0 Å². The molecule has 4 atom stereocenters. The molecule has 4 aromatic heterocycles. The summed E-state index contributed by atoms with van der Waals surface area (Å²) in [4.78, 5) is 9.32. The monoisotopic (exact) mass is 1550 g/mol. The molecule has 8 aromatic carbocycles. The maximum absolute atomic E-state index is 14.3. The fourth-order valence-electron chi connectivity index (χ4n) is 16.6. The van der Waals surface area contributed by atoms with E-state index in [0.717, 1.165) is 150 Å². The number of hydrogen-bond acceptors (Lipinski definition) is 8. The van der Waals surface area contributed by atoms with Crippen LogP contribution >= 0.6 is 46.4 Å². The molecule has 12 aromatic rings. The molecule has 1 fully saturated rings. The number of benzene rings is 8. The van der Waals surface area contributed by atoms with Crippen molar-refractivity contribution < 1.29 is 46.8 Å². The molecule has 4 unspecified atom stereocenters. The standard InChI is InChI=1S/C23H24ClFN2O.C21H21Cl2FN2O.C21H21ClF2N2O.C21H22F2N2O/c1-23(28,15-2-5-17(25)6-3-15)14-27-21-9-4-16(24)12-19(21)20-13-26(18-7-8-18)11-10-22(20)27;1-21(27,13-3-5-18(24)17(23)9-13)12-26-19-6-4-14(22)10-15(19)16-11-25(2)8-7-20(16)26;1-21(27,17-5-4-14(23)10-18(17)24)12-26-19-6-3-13(22)9-15(19)16-11-25(2)8-7-20(16)26;1-21(26,14-3-5-15(22)6-4-14)13-25-19-8-7-16(23)11-17(19)18-12-24(2)10-9-20(18)25/h2-6,9,12,18,28H,7-8,10-11,13-14H2,1H3;2*3-6,9-10,27H,7-8,11-12H2,1-2H3;3-8,11,26H,9-10,12-13H2,1-2H3. The van der Waals surface area contributed by atoms with Crippen LogP contribution in [0.1, 0.15) is 108 Å². The average molecular weight is 1550 g/mol. The number of nitrogens with zero attached hydrogens (tertiary/aromatic N) is 8. The van der Waals surface area contributed by atoms with E-state index in [0.29, 0.717) is 46.4 Å². The van der Waals surface area contributed by atoms with Crippen molar-refractivity contribution in [2.75, 3.05) is 47.3 Å². The van der Waals surface area contributed by atoms with E-state index in [2.05, 4.69) is 71.1 Å². The molecule has 108 heavy (non-hydrogen) atoms. The molecule has 0 spiro atoms. The van der Waals surface area contributed by atoms with Gasteiger partial charge in [-0.05, 0) is 216 Å². The van der Waals surface area contributed by atoms with E-state index in [1.54, 1.807) is 70.2 Å². The van der Waals surface area contributed by atoms with Gasteiger partial charge in [0.15, 0.2) is 0 Å². The third-order valence-electron chi connectivity index (χ3n) is 22.4. The zero-order valence-corrected chi connectivity index (χ0v) is 64.5. The molecule has 0 bridgehead atoms. The smallest absolute Gasteiger partial charge is 0.141 e. The number of hydrogen-bond donors (Lipinski definition) is 4. The maximum Gasteiger partial charge on any atom is 0.141 e. The predicted octanol–water partition coefficient (Wildman–Crippen LogP) is 18.1. The Morgan fingerprint density at radius 2 is 0.685 bits per heavy atom. The van der Waals surface area contributed by atoms with Gasteiger partial charge in [0.2, 0.25) is 0 Å². The van der Waals surface area contributed by atoms with Crippen LogP contribution in [0.3, 0.4) is 0 Å². The Morgan fingerprint density at radius 3 is 1.08 bits per heavy atom. The topological polar surface area (TPSA) is 114 Å². The van der Waals surface area contributed by atoms with Gasteiger partial charge in [0.05, 0.1) is 31.2 Å². The van der Waals surface area contributed by atoms with Crippen molar-refractivity contribution in [3.05, 3.63) is 280 Å².